The van der Waals surface area contributed by atoms with Gasteiger partial charge in [0.05, 0.1) is 14.2 Å². The summed E-state index contributed by atoms with van der Waals surface area (Å²) in [6.07, 6.45) is 1.16. The smallest absolute Gasteiger partial charge is 0.251 e. The number of benzene rings is 1. The van der Waals surface area contributed by atoms with E-state index in [-0.39, 0.29) is 5.91 Å². The minimum absolute atomic E-state index is 0.0926. The lowest BCUT2D eigenvalue weighted by Crippen LogP contribution is -2.42. The molecule has 1 amide bonds. The fourth-order valence-corrected chi connectivity index (χ4v) is 2.59. The summed E-state index contributed by atoms with van der Waals surface area (Å²) >= 11 is 0. The van der Waals surface area contributed by atoms with Gasteiger partial charge in [0.25, 0.3) is 5.91 Å². The molecule has 1 aromatic rings. The zero-order valence-corrected chi connectivity index (χ0v) is 12.9. The number of hydrogen-bond donors (Lipinski definition) is 2. The van der Waals surface area contributed by atoms with Gasteiger partial charge in [-0.25, -0.2) is 0 Å². The van der Waals surface area contributed by atoms with E-state index in [9.17, 15) is 4.79 Å². The van der Waals surface area contributed by atoms with Gasteiger partial charge in [-0.05, 0) is 43.5 Å². The van der Waals surface area contributed by atoms with Gasteiger partial charge in [0.1, 0.15) is 11.5 Å². The molecule has 1 heterocycles. The highest BCUT2D eigenvalue weighted by Crippen LogP contribution is 2.23. The third-order valence-corrected chi connectivity index (χ3v) is 4.13. The maximum atomic E-state index is 12.3. The van der Waals surface area contributed by atoms with Gasteiger partial charge in [0.15, 0.2) is 0 Å². The van der Waals surface area contributed by atoms with Crippen LogP contribution in [0.15, 0.2) is 18.2 Å². The molecule has 5 heteroatoms. The van der Waals surface area contributed by atoms with Crippen LogP contribution in [0.5, 0.6) is 11.5 Å². The molecule has 1 fully saturated rings. The molecule has 2 unspecified atom stereocenters. The highest BCUT2D eigenvalue weighted by molar-refractivity contribution is 5.95. The molecule has 0 bridgehead atoms. The van der Waals surface area contributed by atoms with Crippen LogP contribution in [0.25, 0.3) is 0 Å². The summed E-state index contributed by atoms with van der Waals surface area (Å²) in [5, 5.41) is 6.39. The number of amides is 1. The molecule has 5 nitrogen and oxygen atoms in total. The third-order valence-electron chi connectivity index (χ3n) is 4.13. The number of carbonyl (C=O) groups excluding carboxylic acids is 1. The molecule has 1 aliphatic rings. The van der Waals surface area contributed by atoms with Crippen molar-refractivity contribution in [1.82, 2.24) is 10.6 Å². The quantitative estimate of drug-likeness (QED) is 0.867. The lowest BCUT2D eigenvalue weighted by molar-refractivity contribution is 0.0938. The van der Waals surface area contributed by atoms with E-state index in [0.29, 0.717) is 35.4 Å². The molecular formula is C16H24N2O3. The summed E-state index contributed by atoms with van der Waals surface area (Å²) in [6.45, 7) is 4.96. The SMILES string of the molecule is COc1cc(OC)cc(C(=O)NCC2CNCCC2C)c1. The predicted octanol–water partition coefficient (Wildman–Crippen LogP) is 1.68. The largest absolute Gasteiger partial charge is 0.497 e. The van der Waals surface area contributed by atoms with Crippen molar-refractivity contribution < 1.29 is 14.3 Å². The van der Waals surface area contributed by atoms with Gasteiger partial charge in [-0.3, -0.25) is 4.79 Å². The van der Waals surface area contributed by atoms with E-state index in [1.54, 1.807) is 32.4 Å². The molecule has 1 aliphatic heterocycles. The maximum absolute atomic E-state index is 12.3. The van der Waals surface area contributed by atoms with Crippen molar-refractivity contribution in [3.8, 4) is 11.5 Å². The Morgan fingerprint density at radius 3 is 2.52 bits per heavy atom. The number of ether oxygens (including phenoxy) is 2. The molecule has 21 heavy (non-hydrogen) atoms. The van der Waals surface area contributed by atoms with Gasteiger partial charge in [0.2, 0.25) is 0 Å². The molecule has 2 N–H and O–H groups in total. The summed E-state index contributed by atoms with van der Waals surface area (Å²) in [6, 6.07) is 5.20. The zero-order chi connectivity index (χ0) is 15.2. The molecule has 0 spiro atoms. The summed E-state index contributed by atoms with van der Waals surface area (Å²) in [4.78, 5) is 12.3. The van der Waals surface area contributed by atoms with Crippen LogP contribution < -0.4 is 20.1 Å². The van der Waals surface area contributed by atoms with Crippen LogP contribution in [0.4, 0.5) is 0 Å². The van der Waals surface area contributed by atoms with Crippen molar-refractivity contribution in [3.63, 3.8) is 0 Å². The van der Waals surface area contributed by atoms with Gasteiger partial charge in [-0.1, -0.05) is 6.92 Å². The van der Waals surface area contributed by atoms with E-state index < -0.39 is 0 Å². The third kappa shape index (κ3) is 4.11. The molecule has 1 aromatic carbocycles. The second-order valence-corrected chi connectivity index (χ2v) is 5.54. The number of rotatable bonds is 5. The molecular weight excluding hydrogens is 268 g/mol. The monoisotopic (exact) mass is 292 g/mol. The highest BCUT2D eigenvalue weighted by Gasteiger charge is 2.21. The van der Waals surface area contributed by atoms with Crippen molar-refractivity contribution in [3.05, 3.63) is 23.8 Å². The zero-order valence-electron chi connectivity index (χ0n) is 12.9. The van der Waals surface area contributed by atoms with Crippen LogP contribution in [0.2, 0.25) is 0 Å². The summed E-state index contributed by atoms with van der Waals surface area (Å²) in [5.41, 5.74) is 0.558. The van der Waals surface area contributed by atoms with Gasteiger partial charge in [0, 0.05) is 18.2 Å². The van der Waals surface area contributed by atoms with Crippen molar-refractivity contribution in [1.29, 1.82) is 0 Å². The van der Waals surface area contributed by atoms with Gasteiger partial charge in [-0.2, -0.15) is 0 Å². The molecule has 0 radical (unpaired) electrons. The standard InChI is InChI=1S/C16H24N2O3/c1-11-4-5-17-9-13(11)10-18-16(19)12-6-14(20-2)8-15(7-12)21-3/h6-8,11,13,17H,4-5,9-10H2,1-3H3,(H,18,19). The van der Waals surface area contributed by atoms with E-state index in [1.165, 1.54) is 0 Å². The molecule has 1 saturated heterocycles. The van der Waals surface area contributed by atoms with Crippen LogP contribution in [0.1, 0.15) is 23.7 Å². The Kier molecular flexibility index (Phi) is 5.44. The number of hydrogen-bond acceptors (Lipinski definition) is 4. The first-order valence-corrected chi connectivity index (χ1v) is 7.36. The lowest BCUT2D eigenvalue weighted by atomic mass is 9.88. The topological polar surface area (TPSA) is 59.6 Å². The number of nitrogens with one attached hydrogen (secondary N) is 2. The van der Waals surface area contributed by atoms with Crippen molar-refractivity contribution in [2.45, 2.75) is 13.3 Å². The van der Waals surface area contributed by atoms with Crippen LogP contribution in [-0.2, 0) is 0 Å². The van der Waals surface area contributed by atoms with E-state index >= 15 is 0 Å². The number of carbonyl (C=O) groups is 1. The number of methoxy groups -OCH3 is 2. The summed E-state index contributed by atoms with van der Waals surface area (Å²) in [5.74, 6) is 2.26. The van der Waals surface area contributed by atoms with E-state index in [1.807, 2.05) is 0 Å². The Bertz CT molecular complexity index is 468. The highest BCUT2D eigenvalue weighted by atomic mass is 16.5. The average Bonchev–Trinajstić information content (AvgIpc) is 2.53. The maximum Gasteiger partial charge on any atom is 0.251 e. The minimum Gasteiger partial charge on any atom is -0.497 e. The summed E-state index contributed by atoms with van der Waals surface area (Å²) < 4.78 is 10.4. The van der Waals surface area contributed by atoms with Gasteiger partial charge < -0.3 is 20.1 Å². The van der Waals surface area contributed by atoms with Gasteiger partial charge in [-0.15, -0.1) is 0 Å². The van der Waals surface area contributed by atoms with Crippen LogP contribution in [0, 0.1) is 11.8 Å². The minimum atomic E-state index is -0.0926. The van der Waals surface area contributed by atoms with E-state index in [2.05, 4.69) is 17.6 Å². The first kappa shape index (κ1) is 15.6. The Balaban J connectivity index is 1.99. The van der Waals surface area contributed by atoms with Crippen LogP contribution in [0.3, 0.4) is 0 Å². The molecule has 2 atom stereocenters. The van der Waals surface area contributed by atoms with Crippen LogP contribution >= 0.6 is 0 Å². The second-order valence-electron chi connectivity index (χ2n) is 5.54. The van der Waals surface area contributed by atoms with E-state index in [4.69, 9.17) is 9.47 Å². The first-order chi connectivity index (χ1) is 10.1. The van der Waals surface area contributed by atoms with Crippen molar-refractivity contribution >= 4 is 5.91 Å². The van der Waals surface area contributed by atoms with Crippen molar-refractivity contribution in [2.75, 3.05) is 33.9 Å². The van der Waals surface area contributed by atoms with E-state index in [0.717, 1.165) is 19.5 Å². The molecule has 2 rings (SSSR count). The Hall–Kier alpha value is -1.75. The lowest BCUT2D eigenvalue weighted by Gasteiger charge is -2.29. The Labute approximate surface area is 126 Å². The van der Waals surface area contributed by atoms with Crippen molar-refractivity contribution in [2.24, 2.45) is 11.8 Å². The van der Waals surface area contributed by atoms with Gasteiger partial charge >= 0.3 is 0 Å². The average molecular weight is 292 g/mol. The number of piperidine rings is 1. The fourth-order valence-electron chi connectivity index (χ4n) is 2.59. The molecule has 0 saturated carbocycles. The Morgan fingerprint density at radius 2 is 1.95 bits per heavy atom. The molecule has 0 aromatic heterocycles. The normalized spacial score (nSPS) is 21.7. The Morgan fingerprint density at radius 1 is 1.29 bits per heavy atom. The predicted molar refractivity (Wildman–Crippen MR) is 82.0 cm³/mol. The fraction of sp³-hybridized carbons (Fsp3) is 0.562. The second kappa shape index (κ2) is 7.31. The summed E-state index contributed by atoms with van der Waals surface area (Å²) in [7, 11) is 3.15. The molecule has 0 aliphatic carbocycles. The van der Waals surface area contributed by atoms with Crippen LogP contribution in [-0.4, -0.2) is 39.8 Å². The first-order valence-electron chi connectivity index (χ1n) is 7.36. The molecule has 116 valence electrons.